The maximum atomic E-state index is 13.2. The van der Waals surface area contributed by atoms with E-state index in [1.807, 2.05) is 0 Å². The first-order chi connectivity index (χ1) is 30.8. The Morgan fingerprint density at radius 3 is 2.12 bits per heavy atom. The van der Waals surface area contributed by atoms with Crippen LogP contribution in [0.4, 0.5) is 18.9 Å². The maximum absolute atomic E-state index is 13.2. The standard InChI is InChI=1S/C43H44F3N7O11/c1-51-24-31-30-23-26(5-10-33(30)52(38(31)50-51)28-8-6-27(7-9-28)43(44,45)46)39(56)47-13-14-60-15-16-61-17-18-62-19-20-63-21-22-64-25-36(55)48-32-4-2-3-29-37(32)42(59)53(41(29)58)34-11-12-35(54)49-40(34)57/h2-10,23-24,34H,11-22,25H2,1H3,(H,47,56)(H,48,55)(H,49,54,57). The van der Waals surface area contributed by atoms with Gasteiger partial charge in [-0.2, -0.15) is 18.3 Å². The molecule has 0 bridgehead atoms. The van der Waals surface area contributed by atoms with Crippen LogP contribution in [0.5, 0.6) is 0 Å². The number of nitrogens with one attached hydrogen (secondary N) is 3. The van der Waals surface area contributed by atoms with Crippen LogP contribution in [-0.4, -0.2) is 133 Å². The Kier molecular flexibility index (Phi) is 14.5. The average Bonchev–Trinajstić information content (AvgIpc) is 3.87. The zero-order valence-corrected chi connectivity index (χ0v) is 34.5. The second-order valence-electron chi connectivity index (χ2n) is 14.6. The van der Waals surface area contributed by atoms with Crippen molar-refractivity contribution in [3.8, 4) is 5.69 Å². The Hall–Kier alpha value is -6.52. The van der Waals surface area contributed by atoms with Crippen LogP contribution in [0.15, 0.2) is 66.9 Å². The zero-order chi connectivity index (χ0) is 45.4. The van der Waals surface area contributed by atoms with Crippen LogP contribution in [0, 0.1) is 0 Å². The summed E-state index contributed by atoms with van der Waals surface area (Å²) in [5.41, 5.74) is 1.51. The highest BCUT2D eigenvalue weighted by atomic mass is 19.4. The number of fused-ring (bicyclic) bond motifs is 4. The molecular weight excluding hydrogens is 848 g/mol. The summed E-state index contributed by atoms with van der Waals surface area (Å²) >= 11 is 0. The summed E-state index contributed by atoms with van der Waals surface area (Å²) in [5, 5.41) is 13.5. The van der Waals surface area contributed by atoms with Gasteiger partial charge in [-0.25, -0.2) is 0 Å². The molecule has 21 heteroatoms. The molecule has 0 saturated carbocycles. The highest BCUT2D eigenvalue weighted by Crippen LogP contribution is 2.35. The summed E-state index contributed by atoms with van der Waals surface area (Å²) < 4.78 is 70.2. The lowest BCUT2D eigenvalue weighted by Crippen LogP contribution is -2.54. The molecule has 3 N–H and O–H groups in total. The van der Waals surface area contributed by atoms with Crippen LogP contribution < -0.4 is 16.0 Å². The van der Waals surface area contributed by atoms with E-state index in [0.29, 0.717) is 55.4 Å². The zero-order valence-electron chi connectivity index (χ0n) is 34.5. The third-order valence-electron chi connectivity index (χ3n) is 10.3. The Morgan fingerprint density at radius 1 is 0.812 bits per heavy atom. The molecular formula is C43H44F3N7O11. The number of carbonyl (C=O) groups excluding carboxylic acids is 6. The van der Waals surface area contributed by atoms with E-state index in [0.717, 1.165) is 27.8 Å². The highest BCUT2D eigenvalue weighted by molar-refractivity contribution is 6.26. The Morgan fingerprint density at radius 2 is 1.47 bits per heavy atom. The van der Waals surface area contributed by atoms with Crippen molar-refractivity contribution in [1.82, 2.24) is 29.9 Å². The van der Waals surface area contributed by atoms with Gasteiger partial charge in [0.2, 0.25) is 17.7 Å². The number of aryl methyl sites for hydroxylation is 1. The van der Waals surface area contributed by atoms with E-state index >= 15 is 0 Å². The number of hydrogen-bond donors (Lipinski definition) is 3. The normalized spacial score (nSPS) is 15.3. The van der Waals surface area contributed by atoms with Crippen LogP contribution in [0.25, 0.3) is 27.6 Å². The minimum Gasteiger partial charge on any atom is -0.377 e. The number of ether oxygens (including phenoxy) is 5. The summed E-state index contributed by atoms with van der Waals surface area (Å²) in [5.74, 6) is -3.50. The lowest BCUT2D eigenvalue weighted by Gasteiger charge is -2.27. The average molecular weight is 892 g/mol. The molecule has 2 aliphatic rings. The number of carbonyl (C=O) groups is 6. The number of aromatic nitrogens is 3. The Balaban J connectivity index is 0.711. The number of anilines is 1. The van der Waals surface area contributed by atoms with Gasteiger partial charge in [0, 0.05) is 48.2 Å². The van der Waals surface area contributed by atoms with Crippen molar-refractivity contribution in [3.63, 3.8) is 0 Å². The second-order valence-corrected chi connectivity index (χ2v) is 14.6. The van der Waals surface area contributed by atoms with Gasteiger partial charge in [0.25, 0.3) is 17.7 Å². The first-order valence-corrected chi connectivity index (χ1v) is 20.3. The SMILES string of the molecule is Cn1cc2c3cc(C(=O)NCCOCCOCCOCCOCCOCC(=O)Nc4cccc5c4C(=O)N(C4CCC(=O)NC4=O)C5=O)ccc3n(-c3ccc(C(F)(F)F)cc3)c2n1. The molecule has 2 aliphatic heterocycles. The highest BCUT2D eigenvalue weighted by Gasteiger charge is 2.45. The number of nitrogens with zero attached hydrogens (tertiary/aromatic N) is 4. The number of imide groups is 2. The molecule has 0 radical (unpaired) electrons. The fraction of sp³-hybridized carbons (Fsp3) is 0.372. The van der Waals surface area contributed by atoms with Crippen LogP contribution in [0.2, 0.25) is 0 Å². The predicted octanol–water partition coefficient (Wildman–Crippen LogP) is 3.39. The summed E-state index contributed by atoms with van der Waals surface area (Å²) in [6.07, 6.45) is -2.65. The number of alkyl halides is 3. The maximum Gasteiger partial charge on any atom is 0.416 e. The first kappa shape index (κ1) is 45.5. The molecule has 0 spiro atoms. The van der Waals surface area contributed by atoms with E-state index in [2.05, 4.69) is 21.0 Å². The molecule has 7 rings (SSSR count). The molecule has 64 heavy (non-hydrogen) atoms. The van der Waals surface area contributed by atoms with Gasteiger partial charge < -0.3 is 34.3 Å². The molecule has 6 amide bonds. The second kappa shape index (κ2) is 20.3. The Bertz CT molecular complexity index is 2560. The van der Waals surface area contributed by atoms with Gasteiger partial charge in [0.05, 0.1) is 87.4 Å². The summed E-state index contributed by atoms with van der Waals surface area (Å²) in [7, 11) is 1.74. The predicted molar refractivity (Wildman–Crippen MR) is 221 cm³/mol. The largest absolute Gasteiger partial charge is 0.416 e. The third kappa shape index (κ3) is 10.5. The monoisotopic (exact) mass is 891 g/mol. The van der Waals surface area contributed by atoms with Crippen LogP contribution >= 0.6 is 0 Å². The van der Waals surface area contributed by atoms with Crippen LogP contribution in [0.3, 0.4) is 0 Å². The molecule has 2 aromatic heterocycles. The van der Waals surface area contributed by atoms with Gasteiger partial charge in [0.15, 0.2) is 5.65 Å². The number of halogens is 3. The molecule has 0 aliphatic carbocycles. The van der Waals surface area contributed by atoms with Gasteiger partial charge in [-0.1, -0.05) is 6.07 Å². The number of rotatable bonds is 21. The number of amides is 6. The molecule has 4 heterocycles. The third-order valence-corrected chi connectivity index (χ3v) is 10.3. The molecule has 1 fully saturated rings. The van der Waals surface area contributed by atoms with Crippen molar-refractivity contribution < 1.29 is 65.6 Å². The molecule has 5 aromatic rings. The van der Waals surface area contributed by atoms with Gasteiger partial charge in [-0.05, 0) is 61.0 Å². The quantitative estimate of drug-likeness (QED) is 0.0716. The lowest BCUT2D eigenvalue weighted by molar-refractivity contribution is -0.138. The summed E-state index contributed by atoms with van der Waals surface area (Å²) in [6, 6.07) is 13.2. The van der Waals surface area contributed by atoms with Gasteiger partial charge in [0.1, 0.15) is 12.6 Å². The molecule has 1 atom stereocenters. The topological polar surface area (TPSA) is 211 Å². The van der Waals surface area contributed by atoms with Crippen molar-refractivity contribution in [2.75, 3.05) is 77.9 Å². The fourth-order valence-electron chi connectivity index (χ4n) is 7.28. The number of benzene rings is 3. The summed E-state index contributed by atoms with van der Waals surface area (Å²) in [6.45, 7) is 2.28. The number of piperidine rings is 1. The van der Waals surface area contributed by atoms with Crippen molar-refractivity contribution in [2.45, 2.75) is 25.1 Å². The van der Waals surface area contributed by atoms with E-state index in [4.69, 9.17) is 23.7 Å². The fourth-order valence-corrected chi connectivity index (χ4v) is 7.28. The molecule has 1 saturated heterocycles. The van der Waals surface area contributed by atoms with Gasteiger partial charge >= 0.3 is 6.18 Å². The van der Waals surface area contributed by atoms with E-state index in [1.54, 1.807) is 40.7 Å². The van der Waals surface area contributed by atoms with Crippen molar-refractivity contribution in [3.05, 3.63) is 89.1 Å². The van der Waals surface area contributed by atoms with E-state index < -0.39 is 47.3 Å². The molecule has 3 aromatic carbocycles. The minimum atomic E-state index is -4.45. The van der Waals surface area contributed by atoms with Gasteiger partial charge in [-0.15, -0.1) is 0 Å². The molecule has 18 nitrogen and oxygen atoms in total. The van der Waals surface area contributed by atoms with Crippen molar-refractivity contribution >= 4 is 63.1 Å². The van der Waals surface area contributed by atoms with Crippen molar-refractivity contribution in [1.29, 1.82) is 0 Å². The first-order valence-electron chi connectivity index (χ1n) is 20.3. The summed E-state index contributed by atoms with van der Waals surface area (Å²) in [4.78, 5) is 76.4. The van der Waals surface area contributed by atoms with Crippen LogP contribution in [0.1, 0.15) is 49.5 Å². The van der Waals surface area contributed by atoms with E-state index in [9.17, 15) is 41.9 Å². The molecule has 338 valence electrons. The smallest absolute Gasteiger partial charge is 0.377 e. The van der Waals surface area contributed by atoms with Crippen LogP contribution in [-0.2, 0) is 51.3 Å². The Labute approximate surface area is 362 Å². The minimum absolute atomic E-state index is 0.00944. The molecule has 1 unspecified atom stereocenters. The van der Waals surface area contributed by atoms with E-state index in [-0.39, 0.29) is 75.1 Å². The lowest BCUT2D eigenvalue weighted by atomic mass is 10.0. The van der Waals surface area contributed by atoms with Crippen molar-refractivity contribution in [2.24, 2.45) is 7.05 Å². The van der Waals surface area contributed by atoms with Gasteiger partial charge in [-0.3, -0.25) is 48.2 Å². The van der Waals surface area contributed by atoms with E-state index in [1.165, 1.54) is 30.3 Å². The number of hydrogen-bond acceptors (Lipinski definition) is 12.